The van der Waals surface area contributed by atoms with E-state index >= 15 is 0 Å². The van der Waals surface area contributed by atoms with Gasteiger partial charge in [0, 0.05) is 13.0 Å². The molecule has 0 saturated heterocycles. The molecule has 0 aromatic heterocycles. The van der Waals surface area contributed by atoms with Gasteiger partial charge in [0.15, 0.2) is 0 Å². The van der Waals surface area contributed by atoms with Crippen molar-refractivity contribution in [2.24, 2.45) is 5.73 Å². The molecule has 0 bridgehead atoms. The number of ether oxygens (including phenoxy) is 1. The van der Waals surface area contributed by atoms with Crippen LogP contribution in [0.25, 0.3) is 0 Å². The van der Waals surface area contributed by atoms with E-state index in [9.17, 15) is 19.5 Å². The molecule has 1 amide bonds. The van der Waals surface area contributed by atoms with Crippen molar-refractivity contribution in [1.29, 1.82) is 0 Å². The Bertz CT molecular complexity index is 709. The van der Waals surface area contributed by atoms with Crippen molar-refractivity contribution >= 4 is 17.8 Å². The Balaban J connectivity index is 2.12. The van der Waals surface area contributed by atoms with Crippen LogP contribution in [-0.2, 0) is 32.1 Å². The predicted octanol–water partition coefficient (Wildman–Crippen LogP) is 0.673. The highest BCUT2D eigenvalue weighted by atomic mass is 16.5. The topological polar surface area (TPSA) is 122 Å². The molecule has 8 heteroatoms. The van der Waals surface area contributed by atoms with E-state index in [0.717, 1.165) is 24.0 Å². The summed E-state index contributed by atoms with van der Waals surface area (Å²) in [5, 5.41) is 12.6. The number of carbonyl (C=O) groups is 3. The average molecular weight is 391 g/mol. The fraction of sp³-hybridized carbons (Fsp3) is 0.550. The van der Waals surface area contributed by atoms with Crippen LogP contribution in [0, 0.1) is 0 Å². The second-order valence-corrected chi connectivity index (χ2v) is 7.04. The van der Waals surface area contributed by atoms with Crippen molar-refractivity contribution in [3.63, 3.8) is 0 Å². The maximum atomic E-state index is 13.0. The second-order valence-electron chi connectivity index (χ2n) is 7.04. The van der Waals surface area contributed by atoms with E-state index < -0.39 is 30.1 Å². The number of amides is 1. The Labute approximate surface area is 165 Å². The van der Waals surface area contributed by atoms with Crippen molar-refractivity contribution in [2.75, 3.05) is 13.7 Å². The van der Waals surface area contributed by atoms with Crippen LogP contribution < -0.4 is 11.1 Å². The Morgan fingerprint density at radius 2 is 1.96 bits per heavy atom. The molecule has 28 heavy (non-hydrogen) atoms. The third-order valence-electron chi connectivity index (χ3n) is 5.07. The number of rotatable bonds is 9. The first-order valence-corrected chi connectivity index (χ1v) is 9.53. The minimum Gasteiger partial charge on any atom is -0.480 e. The van der Waals surface area contributed by atoms with Crippen LogP contribution in [0.15, 0.2) is 24.3 Å². The summed E-state index contributed by atoms with van der Waals surface area (Å²) in [6.07, 6.45) is 2.24. The summed E-state index contributed by atoms with van der Waals surface area (Å²) in [7, 11) is 1.30. The van der Waals surface area contributed by atoms with Crippen LogP contribution in [0.1, 0.15) is 37.3 Å². The van der Waals surface area contributed by atoms with Gasteiger partial charge in [-0.2, -0.15) is 0 Å². The first kappa shape index (κ1) is 21.8. The zero-order valence-electron chi connectivity index (χ0n) is 16.4. The summed E-state index contributed by atoms with van der Waals surface area (Å²) in [5.41, 5.74) is 7.38. The van der Waals surface area contributed by atoms with Gasteiger partial charge in [0.1, 0.15) is 12.1 Å². The SMILES string of the molecule is COC(=O)C(CCCCN)N[C@@H](C)C(=O)N1Cc2ccccc2C[C@H]1C(=O)O. The van der Waals surface area contributed by atoms with E-state index in [1.54, 1.807) is 6.92 Å². The number of esters is 1. The smallest absolute Gasteiger partial charge is 0.326 e. The van der Waals surface area contributed by atoms with E-state index in [4.69, 9.17) is 10.5 Å². The third-order valence-corrected chi connectivity index (χ3v) is 5.07. The standard InChI is InChI=1S/C20H29N3O5/c1-13(22-16(20(27)28-2)9-5-6-10-21)18(24)23-12-15-8-4-3-7-14(15)11-17(23)19(25)26/h3-4,7-8,13,16-17,22H,5-6,9-12,21H2,1-2H3,(H,25,26)/t13-,16?,17-/m0/s1. The molecule has 0 fully saturated rings. The first-order valence-electron chi connectivity index (χ1n) is 9.53. The number of hydrogen-bond donors (Lipinski definition) is 3. The lowest BCUT2D eigenvalue weighted by molar-refractivity contribution is -0.153. The number of carboxylic acid groups (broad SMARTS) is 1. The fourth-order valence-corrected chi connectivity index (χ4v) is 3.50. The van der Waals surface area contributed by atoms with Crippen molar-refractivity contribution in [1.82, 2.24) is 10.2 Å². The highest BCUT2D eigenvalue weighted by molar-refractivity contribution is 5.88. The molecule has 0 saturated carbocycles. The highest BCUT2D eigenvalue weighted by Crippen LogP contribution is 2.24. The molecule has 8 nitrogen and oxygen atoms in total. The quantitative estimate of drug-likeness (QED) is 0.418. The van der Waals surface area contributed by atoms with E-state index in [2.05, 4.69) is 5.32 Å². The van der Waals surface area contributed by atoms with E-state index in [0.29, 0.717) is 13.0 Å². The molecule has 2 rings (SSSR count). The van der Waals surface area contributed by atoms with Gasteiger partial charge in [0.2, 0.25) is 5.91 Å². The van der Waals surface area contributed by atoms with E-state index in [1.807, 2.05) is 24.3 Å². The van der Waals surface area contributed by atoms with Crippen LogP contribution in [0.4, 0.5) is 0 Å². The lowest BCUT2D eigenvalue weighted by Gasteiger charge is -2.36. The Morgan fingerprint density at radius 1 is 1.29 bits per heavy atom. The Kier molecular flexibility index (Phi) is 7.95. The molecule has 1 aliphatic heterocycles. The molecule has 3 atom stereocenters. The van der Waals surface area contributed by atoms with Gasteiger partial charge in [-0.25, -0.2) is 4.79 Å². The van der Waals surface area contributed by atoms with Crippen molar-refractivity contribution in [2.45, 2.75) is 57.3 Å². The summed E-state index contributed by atoms with van der Waals surface area (Å²) in [5.74, 6) is -1.84. The summed E-state index contributed by atoms with van der Waals surface area (Å²) in [4.78, 5) is 38.2. The molecular weight excluding hydrogens is 362 g/mol. The van der Waals surface area contributed by atoms with Crippen LogP contribution in [0.2, 0.25) is 0 Å². The number of benzene rings is 1. The zero-order chi connectivity index (χ0) is 20.7. The molecular formula is C20H29N3O5. The van der Waals surface area contributed by atoms with Gasteiger partial charge < -0.3 is 20.5 Å². The van der Waals surface area contributed by atoms with Crippen molar-refractivity contribution in [3.8, 4) is 0 Å². The minimum atomic E-state index is -1.04. The number of fused-ring (bicyclic) bond motifs is 1. The number of nitrogens with zero attached hydrogens (tertiary/aromatic N) is 1. The van der Waals surface area contributed by atoms with Crippen LogP contribution in [-0.4, -0.2) is 59.6 Å². The number of unbranched alkanes of at least 4 members (excludes halogenated alkanes) is 1. The molecule has 0 radical (unpaired) electrons. The van der Waals surface area contributed by atoms with E-state index in [-0.39, 0.29) is 18.9 Å². The molecule has 1 unspecified atom stereocenters. The number of carboxylic acids is 1. The van der Waals surface area contributed by atoms with Gasteiger partial charge in [-0.1, -0.05) is 30.7 Å². The number of methoxy groups -OCH3 is 1. The molecule has 1 aromatic carbocycles. The summed E-state index contributed by atoms with van der Waals surface area (Å²) >= 11 is 0. The molecule has 4 N–H and O–H groups in total. The maximum absolute atomic E-state index is 13.0. The average Bonchev–Trinajstić information content (AvgIpc) is 2.70. The molecule has 1 aromatic rings. The maximum Gasteiger partial charge on any atom is 0.326 e. The summed E-state index contributed by atoms with van der Waals surface area (Å²) < 4.78 is 4.82. The number of nitrogens with one attached hydrogen (secondary N) is 1. The van der Waals surface area contributed by atoms with Gasteiger partial charge in [0.05, 0.1) is 13.2 Å². The largest absolute Gasteiger partial charge is 0.480 e. The molecule has 0 aliphatic carbocycles. The van der Waals surface area contributed by atoms with Gasteiger partial charge in [-0.05, 0) is 37.4 Å². The van der Waals surface area contributed by atoms with Gasteiger partial charge in [-0.15, -0.1) is 0 Å². The van der Waals surface area contributed by atoms with Crippen LogP contribution >= 0.6 is 0 Å². The zero-order valence-corrected chi connectivity index (χ0v) is 16.4. The second kappa shape index (κ2) is 10.2. The monoisotopic (exact) mass is 391 g/mol. The number of hydrogen-bond acceptors (Lipinski definition) is 6. The van der Waals surface area contributed by atoms with Crippen molar-refractivity contribution in [3.05, 3.63) is 35.4 Å². The van der Waals surface area contributed by atoms with Crippen LogP contribution in [0.3, 0.4) is 0 Å². The third kappa shape index (κ3) is 5.30. The predicted molar refractivity (Wildman–Crippen MR) is 103 cm³/mol. The van der Waals surface area contributed by atoms with E-state index in [1.165, 1.54) is 12.0 Å². The van der Waals surface area contributed by atoms with Crippen LogP contribution in [0.5, 0.6) is 0 Å². The lowest BCUT2D eigenvalue weighted by Crippen LogP contribution is -2.56. The Morgan fingerprint density at radius 3 is 2.57 bits per heavy atom. The van der Waals surface area contributed by atoms with Gasteiger partial charge in [0.25, 0.3) is 0 Å². The highest BCUT2D eigenvalue weighted by Gasteiger charge is 2.37. The Hall–Kier alpha value is -2.45. The summed E-state index contributed by atoms with van der Waals surface area (Å²) in [6.45, 7) is 2.39. The molecule has 1 aliphatic rings. The summed E-state index contributed by atoms with van der Waals surface area (Å²) in [6, 6.07) is 5.22. The fourth-order valence-electron chi connectivity index (χ4n) is 3.50. The molecule has 0 spiro atoms. The minimum absolute atomic E-state index is 0.230. The van der Waals surface area contributed by atoms with Crippen molar-refractivity contribution < 1.29 is 24.2 Å². The molecule has 1 heterocycles. The normalized spacial score (nSPS) is 18.1. The molecule has 154 valence electrons. The van der Waals surface area contributed by atoms with Gasteiger partial charge in [-0.3, -0.25) is 14.9 Å². The number of carbonyl (C=O) groups excluding carboxylic acids is 2. The first-order chi connectivity index (χ1) is 13.4. The lowest BCUT2D eigenvalue weighted by atomic mass is 9.93. The number of nitrogens with two attached hydrogens (primary N) is 1. The number of aliphatic carboxylic acids is 1. The van der Waals surface area contributed by atoms with Gasteiger partial charge >= 0.3 is 11.9 Å².